The third-order valence-corrected chi connectivity index (χ3v) is 2.29. The fourth-order valence-electron chi connectivity index (χ4n) is 1.20. The quantitative estimate of drug-likeness (QED) is 0.653. The number of hydrazine groups is 1. The van der Waals surface area contributed by atoms with Crippen LogP contribution in [0.2, 0.25) is 0 Å². The summed E-state index contributed by atoms with van der Waals surface area (Å²) in [5.74, 6) is 0. The van der Waals surface area contributed by atoms with E-state index in [1.54, 1.807) is 7.05 Å². The number of aryl methyl sites for hydroxylation is 2. The summed E-state index contributed by atoms with van der Waals surface area (Å²) in [6, 6.07) is 5.99. The van der Waals surface area contributed by atoms with Crippen LogP contribution in [0.25, 0.3) is 0 Å². The van der Waals surface area contributed by atoms with Crippen molar-refractivity contribution in [3.63, 3.8) is 0 Å². The summed E-state index contributed by atoms with van der Waals surface area (Å²) in [6.07, 6.45) is 0. The highest BCUT2D eigenvalue weighted by molar-refractivity contribution is 5.72. The third-order valence-electron chi connectivity index (χ3n) is 2.29. The molecule has 0 aliphatic rings. The molecular formula is C11H17N3O. The smallest absolute Gasteiger partial charge is 0.328 e. The van der Waals surface area contributed by atoms with E-state index in [2.05, 4.69) is 42.1 Å². The largest absolute Gasteiger partial charge is 0.340 e. The van der Waals surface area contributed by atoms with E-state index in [4.69, 9.17) is 0 Å². The van der Waals surface area contributed by atoms with Crippen molar-refractivity contribution in [2.45, 2.75) is 20.4 Å². The molecule has 0 saturated heterocycles. The predicted molar refractivity (Wildman–Crippen MR) is 60.3 cm³/mol. The molecule has 0 saturated carbocycles. The molecule has 2 amide bonds. The van der Waals surface area contributed by atoms with E-state index in [9.17, 15) is 4.79 Å². The second-order valence-electron chi connectivity index (χ2n) is 3.48. The van der Waals surface area contributed by atoms with Crippen molar-refractivity contribution in [1.29, 1.82) is 0 Å². The highest BCUT2D eigenvalue weighted by Crippen LogP contribution is 2.08. The molecular weight excluding hydrogens is 190 g/mol. The molecule has 0 aliphatic carbocycles. The van der Waals surface area contributed by atoms with Gasteiger partial charge in [-0.3, -0.25) is 5.43 Å². The predicted octanol–water partition coefficient (Wildman–Crippen LogP) is 1.24. The lowest BCUT2D eigenvalue weighted by Gasteiger charge is -2.08. The van der Waals surface area contributed by atoms with Crippen molar-refractivity contribution in [2.24, 2.45) is 0 Å². The Kier molecular flexibility index (Phi) is 4.12. The summed E-state index contributed by atoms with van der Waals surface area (Å²) in [5.41, 5.74) is 9.03. The average molecular weight is 207 g/mol. The Balaban J connectivity index is 2.44. The van der Waals surface area contributed by atoms with Gasteiger partial charge in [0.15, 0.2) is 0 Å². The topological polar surface area (TPSA) is 53.2 Å². The lowest BCUT2D eigenvalue weighted by atomic mass is 10.1. The van der Waals surface area contributed by atoms with E-state index in [0.29, 0.717) is 6.54 Å². The Labute approximate surface area is 90.0 Å². The normalized spacial score (nSPS) is 9.80. The Bertz CT molecular complexity index is 350. The maximum Gasteiger partial charge on any atom is 0.328 e. The molecule has 0 unspecified atom stereocenters. The number of amides is 2. The van der Waals surface area contributed by atoms with Crippen molar-refractivity contribution in [2.75, 3.05) is 7.05 Å². The summed E-state index contributed by atoms with van der Waals surface area (Å²) in [7, 11) is 1.58. The molecule has 4 nitrogen and oxygen atoms in total. The Morgan fingerprint density at radius 3 is 2.60 bits per heavy atom. The van der Waals surface area contributed by atoms with Crippen LogP contribution in [0.1, 0.15) is 16.7 Å². The standard InChI is InChI=1S/C11H17N3O/c1-8-4-5-10(6-9(8)2)7-13-14-11(15)12-3/h4-6,13H,7H2,1-3H3,(H2,12,14,15). The minimum Gasteiger partial charge on any atom is -0.340 e. The van der Waals surface area contributed by atoms with E-state index >= 15 is 0 Å². The molecule has 0 aromatic heterocycles. The zero-order valence-electron chi connectivity index (χ0n) is 9.35. The molecule has 0 fully saturated rings. The van der Waals surface area contributed by atoms with Crippen LogP contribution in [0.4, 0.5) is 4.79 Å². The van der Waals surface area contributed by atoms with Crippen LogP contribution in [-0.4, -0.2) is 13.1 Å². The SMILES string of the molecule is CNC(=O)NNCc1ccc(C)c(C)c1. The van der Waals surface area contributed by atoms with Gasteiger partial charge in [-0.05, 0) is 30.5 Å². The number of urea groups is 1. The first-order chi connectivity index (χ1) is 7.13. The fourth-order valence-corrected chi connectivity index (χ4v) is 1.20. The molecule has 0 atom stereocenters. The number of hydrogen-bond acceptors (Lipinski definition) is 2. The zero-order valence-corrected chi connectivity index (χ0v) is 9.35. The van der Waals surface area contributed by atoms with Crippen molar-refractivity contribution >= 4 is 6.03 Å². The average Bonchev–Trinajstić information content (AvgIpc) is 2.23. The van der Waals surface area contributed by atoms with E-state index in [1.807, 2.05) is 6.07 Å². The Hall–Kier alpha value is -1.55. The first-order valence-corrected chi connectivity index (χ1v) is 4.90. The van der Waals surface area contributed by atoms with Gasteiger partial charge in [0.1, 0.15) is 0 Å². The van der Waals surface area contributed by atoms with Crippen molar-refractivity contribution in [3.05, 3.63) is 34.9 Å². The van der Waals surface area contributed by atoms with Crippen LogP contribution in [-0.2, 0) is 6.54 Å². The van der Waals surface area contributed by atoms with Crippen LogP contribution in [0.3, 0.4) is 0 Å². The van der Waals surface area contributed by atoms with Gasteiger partial charge < -0.3 is 5.32 Å². The van der Waals surface area contributed by atoms with Gasteiger partial charge in [0.05, 0.1) is 0 Å². The van der Waals surface area contributed by atoms with Crippen LogP contribution in [0.15, 0.2) is 18.2 Å². The highest BCUT2D eigenvalue weighted by atomic mass is 16.2. The summed E-state index contributed by atoms with van der Waals surface area (Å²) in [4.78, 5) is 10.8. The number of carbonyl (C=O) groups excluding carboxylic acids is 1. The van der Waals surface area contributed by atoms with Crippen molar-refractivity contribution in [1.82, 2.24) is 16.2 Å². The number of carbonyl (C=O) groups is 1. The number of benzene rings is 1. The molecule has 0 spiro atoms. The minimum atomic E-state index is -0.237. The van der Waals surface area contributed by atoms with Gasteiger partial charge in [0.25, 0.3) is 0 Å². The zero-order chi connectivity index (χ0) is 11.3. The Morgan fingerprint density at radius 2 is 2.00 bits per heavy atom. The highest BCUT2D eigenvalue weighted by Gasteiger charge is 1.97. The van der Waals surface area contributed by atoms with E-state index < -0.39 is 0 Å². The molecule has 0 heterocycles. The van der Waals surface area contributed by atoms with Crippen LogP contribution in [0.5, 0.6) is 0 Å². The summed E-state index contributed by atoms with van der Waals surface area (Å²) in [5, 5.41) is 2.46. The molecule has 1 aromatic rings. The maximum absolute atomic E-state index is 10.8. The molecule has 1 aromatic carbocycles. The summed E-state index contributed by atoms with van der Waals surface area (Å²) < 4.78 is 0. The van der Waals surface area contributed by atoms with Crippen LogP contribution in [0, 0.1) is 13.8 Å². The van der Waals surface area contributed by atoms with Gasteiger partial charge >= 0.3 is 6.03 Å². The maximum atomic E-state index is 10.8. The number of rotatable bonds is 3. The van der Waals surface area contributed by atoms with Gasteiger partial charge in [-0.2, -0.15) is 0 Å². The van der Waals surface area contributed by atoms with Gasteiger partial charge in [-0.15, -0.1) is 0 Å². The lowest BCUT2D eigenvalue weighted by molar-refractivity contribution is 0.238. The Morgan fingerprint density at radius 1 is 1.27 bits per heavy atom. The van der Waals surface area contributed by atoms with Gasteiger partial charge in [0.2, 0.25) is 0 Å². The summed E-state index contributed by atoms with van der Waals surface area (Å²) in [6.45, 7) is 4.77. The number of nitrogens with one attached hydrogen (secondary N) is 3. The van der Waals surface area contributed by atoms with E-state index in [0.717, 1.165) is 5.56 Å². The summed E-state index contributed by atoms with van der Waals surface area (Å²) >= 11 is 0. The third kappa shape index (κ3) is 3.59. The van der Waals surface area contributed by atoms with Gasteiger partial charge in [-0.25, -0.2) is 10.2 Å². The van der Waals surface area contributed by atoms with E-state index in [-0.39, 0.29) is 6.03 Å². The second kappa shape index (κ2) is 5.36. The molecule has 0 bridgehead atoms. The van der Waals surface area contributed by atoms with Gasteiger partial charge in [-0.1, -0.05) is 18.2 Å². The molecule has 4 heteroatoms. The molecule has 0 aliphatic heterocycles. The second-order valence-corrected chi connectivity index (χ2v) is 3.48. The molecule has 0 radical (unpaired) electrons. The van der Waals surface area contributed by atoms with Gasteiger partial charge in [0, 0.05) is 13.6 Å². The first-order valence-electron chi connectivity index (χ1n) is 4.90. The molecule has 3 N–H and O–H groups in total. The lowest BCUT2D eigenvalue weighted by Crippen LogP contribution is -2.42. The minimum absolute atomic E-state index is 0.237. The van der Waals surface area contributed by atoms with Crippen molar-refractivity contribution in [3.8, 4) is 0 Å². The number of hydrogen-bond donors (Lipinski definition) is 3. The van der Waals surface area contributed by atoms with Crippen LogP contribution < -0.4 is 16.2 Å². The van der Waals surface area contributed by atoms with Crippen LogP contribution >= 0.6 is 0 Å². The molecule has 15 heavy (non-hydrogen) atoms. The molecule has 1 rings (SSSR count). The van der Waals surface area contributed by atoms with E-state index in [1.165, 1.54) is 11.1 Å². The van der Waals surface area contributed by atoms with Crippen molar-refractivity contribution < 1.29 is 4.79 Å². The monoisotopic (exact) mass is 207 g/mol. The first kappa shape index (κ1) is 11.5. The molecule has 82 valence electrons. The fraction of sp³-hybridized carbons (Fsp3) is 0.364.